The number of benzene rings is 2. The zero-order valence-corrected chi connectivity index (χ0v) is 23.9. The van der Waals surface area contributed by atoms with Gasteiger partial charge in [-0.2, -0.15) is 0 Å². The predicted octanol–water partition coefficient (Wildman–Crippen LogP) is 5.03. The van der Waals surface area contributed by atoms with Gasteiger partial charge in [0.2, 0.25) is 5.91 Å². The van der Waals surface area contributed by atoms with E-state index in [9.17, 15) is 19.1 Å². The van der Waals surface area contributed by atoms with Crippen LogP contribution in [0.3, 0.4) is 0 Å². The van der Waals surface area contributed by atoms with Crippen molar-refractivity contribution >= 4 is 12.0 Å². The molecule has 0 spiro atoms. The first-order chi connectivity index (χ1) is 19.6. The normalized spacial score (nSPS) is 22.3. The summed E-state index contributed by atoms with van der Waals surface area (Å²) in [4.78, 5) is 26.9. The molecule has 3 N–H and O–H groups in total. The zero-order chi connectivity index (χ0) is 29.7. The lowest BCUT2D eigenvalue weighted by Crippen LogP contribution is -2.50. The number of aryl methyl sites for hydroxylation is 1. The third-order valence-corrected chi connectivity index (χ3v) is 8.70. The van der Waals surface area contributed by atoms with E-state index in [0.29, 0.717) is 31.0 Å². The van der Waals surface area contributed by atoms with Crippen molar-refractivity contribution in [2.45, 2.75) is 63.5 Å². The average Bonchev–Trinajstić information content (AvgIpc) is 3.45. The molecule has 7 nitrogen and oxygen atoms in total. The second kappa shape index (κ2) is 13.2. The summed E-state index contributed by atoms with van der Waals surface area (Å²) in [5, 5.41) is 18.3. The van der Waals surface area contributed by atoms with Crippen LogP contribution in [0.4, 0.5) is 18.0 Å². The maximum atomic E-state index is 15.6. The van der Waals surface area contributed by atoms with Gasteiger partial charge in [0.1, 0.15) is 17.5 Å². The van der Waals surface area contributed by atoms with Crippen molar-refractivity contribution < 1.29 is 32.6 Å². The van der Waals surface area contributed by atoms with E-state index in [1.54, 1.807) is 17.9 Å². The van der Waals surface area contributed by atoms with Gasteiger partial charge in [0.05, 0.1) is 12.7 Å². The number of nitrogens with one attached hydrogen (secondary N) is 2. The van der Waals surface area contributed by atoms with E-state index in [1.165, 1.54) is 19.2 Å². The van der Waals surface area contributed by atoms with E-state index in [-0.39, 0.29) is 60.5 Å². The number of likely N-dealkylation sites (tertiary alicyclic amines) is 1. The Balaban J connectivity index is 1.73. The van der Waals surface area contributed by atoms with Crippen LogP contribution in [-0.4, -0.2) is 61.8 Å². The molecule has 0 aromatic heterocycles. The van der Waals surface area contributed by atoms with E-state index >= 15 is 8.78 Å². The Morgan fingerprint density at radius 3 is 2.61 bits per heavy atom. The molecule has 2 aliphatic rings. The van der Waals surface area contributed by atoms with Crippen LogP contribution in [-0.2, 0) is 15.1 Å². The number of carbonyl (C=O) groups is 2. The third kappa shape index (κ3) is 6.86. The molecule has 2 aromatic rings. The molecule has 2 aromatic carbocycles. The molecule has 0 radical (unpaired) electrons. The van der Waals surface area contributed by atoms with Crippen molar-refractivity contribution in [3.63, 3.8) is 0 Å². The average molecular weight is 576 g/mol. The van der Waals surface area contributed by atoms with Gasteiger partial charge in [-0.05, 0) is 82.7 Å². The lowest BCUT2D eigenvalue weighted by molar-refractivity contribution is -0.140. The number of ether oxygens (including phenoxy) is 1. The Morgan fingerprint density at radius 1 is 1.12 bits per heavy atom. The molecule has 0 unspecified atom stereocenters. The van der Waals surface area contributed by atoms with Crippen molar-refractivity contribution in [1.82, 2.24) is 15.5 Å². The molecule has 1 saturated carbocycles. The summed E-state index contributed by atoms with van der Waals surface area (Å²) in [6, 6.07) is 6.29. The molecule has 4 atom stereocenters. The summed E-state index contributed by atoms with van der Waals surface area (Å²) in [7, 11) is 3.12. The van der Waals surface area contributed by atoms with Gasteiger partial charge in [0, 0.05) is 54.7 Å². The highest BCUT2D eigenvalue weighted by molar-refractivity contribution is 5.79. The molecular weight excluding hydrogens is 535 g/mol. The molecule has 224 valence electrons. The van der Waals surface area contributed by atoms with Crippen LogP contribution in [0, 0.1) is 36.2 Å². The predicted molar refractivity (Wildman–Crippen MR) is 150 cm³/mol. The standard InChI is InChI=1S/C31H40F3N3O4/c1-19-7-10-26(33)24(14-19)28-25(16-22(32)17-27(28)34)31(40,11-5-12-36-30(39)41-3)21-6-4-13-37(18-21)29(38)20-8-9-23(15-20)35-2/h7,10,14,16-17,20-21,23,35,40H,4-6,8-9,11-13,15,18H2,1-3H3,(H,36,39)/t20-,21-,23+,31+/m1/s1. The largest absolute Gasteiger partial charge is 0.453 e. The van der Waals surface area contributed by atoms with Crippen LogP contribution in [0.2, 0.25) is 0 Å². The first-order valence-electron chi connectivity index (χ1n) is 14.3. The van der Waals surface area contributed by atoms with Crippen LogP contribution in [0.5, 0.6) is 0 Å². The monoisotopic (exact) mass is 575 g/mol. The number of hydrogen-bond acceptors (Lipinski definition) is 5. The molecule has 2 fully saturated rings. The minimum absolute atomic E-state index is 0.0122. The highest BCUT2D eigenvalue weighted by Gasteiger charge is 2.44. The number of carbonyl (C=O) groups excluding carboxylic acids is 2. The topological polar surface area (TPSA) is 90.9 Å². The number of hydrogen-bond donors (Lipinski definition) is 3. The SMILES string of the molecule is CN[C@H]1CC[C@@H](C(=O)N2CCC[C@@H]([C@@](O)(CCCNC(=O)OC)c3cc(F)cc(F)c3-c3cc(C)ccc3F)C2)C1. The Morgan fingerprint density at radius 2 is 1.90 bits per heavy atom. The van der Waals surface area contributed by atoms with Crippen LogP contribution >= 0.6 is 0 Å². The number of rotatable bonds is 9. The Labute approximate surface area is 239 Å². The Hall–Kier alpha value is -3.11. The number of halogens is 3. The van der Waals surface area contributed by atoms with E-state index < -0.39 is 35.1 Å². The number of nitrogens with zero attached hydrogens (tertiary/aromatic N) is 1. The smallest absolute Gasteiger partial charge is 0.406 e. The summed E-state index contributed by atoms with van der Waals surface area (Å²) in [5.41, 5.74) is -1.49. The van der Waals surface area contributed by atoms with Gasteiger partial charge in [-0.25, -0.2) is 18.0 Å². The van der Waals surface area contributed by atoms with E-state index in [4.69, 9.17) is 0 Å². The van der Waals surface area contributed by atoms with Gasteiger partial charge < -0.3 is 25.4 Å². The van der Waals surface area contributed by atoms with E-state index in [2.05, 4.69) is 15.4 Å². The fraction of sp³-hybridized carbons (Fsp3) is 0.548. The van der Waals surface area contributed by atoms with Crippen molar-refractivity contribution in [2.75, 3.05) is 33.8 Å². The fourth-order valence-corrected chi connectivity index (χ4v) is 6.49. The van der Waals surface area contributed by atoms with Crippen LogP contribution in [0.1, 0.15) is 56.1 Å². The number of alkyl carbamates (subject to hydrolysis) is 1. The Bertz CT molecular complexity index is 1260. The summed E-state index contributed by atoms with van der Waals surface area (Å²) in [5.74, 6) is -3.24. The molecule has 4 rings (SSSR count). The first kappa shape index (κ1) is 30.8. The number of methoxy groups -OCH3 is 1. The quantitative estimate of drug-likeness (QED) is 0.365. The van der Waals surface area contributed by atoms with Gasteiger partial charge in [0.15, 0.2) is 0 Å². The zero-order valence-electron chi connectivity index (χ0n) is 23.9. The van der Waals surface area contributed by atoms with E-state index in [1.807, 2.05) is 7.05 Å². The first-order valence-corrected chi connectivity index (χ1v) is 14.3. The van der Waals surface area contributed by atoms with Crippen molar-refractivity contribution in [2.24, 2.45) is 11.8 Å². The molecule has 41 heavy (non-hydrogen) atoms. The lowest BCUT2D eigenvalue weighted by atomic mass is 9.71. The lowest BCUT2D eigenvalue weighted by Gasteiger charge is -2.44. The molecule has 0 bridgehead atoms. The van der Waals surface area contributed by atoms with Gasteiger partial charge in [-0.1, -0.05) is 11.6 Å². The Kier molecular flexibility index (Phi) is 9.96. The molecule has 10 heteroatoms. The maximum Gasteiger partial charge on any atom is 0.406 e. The van der Waals surface area contributed by atoms with Crippen LogP contribution in [0.15, 0.2) is 30.3 Å². The highest BCUT2D eigenvalue weighted by Crippen LogP contribution is 2.45. The number of aliphatic hydroxyl groups is 1. The van der Waals surface area contributed by atoms with Crippen molar-refractivity contribution in [1.29, 1.82) is 0 Å². The van der Waals surface area contributed by atoms with Crippen LogP contribution < -0.4 is 10.6 Å². The minimum atomic E-state index is -1.83. The van der Waals surface area contributed by atoms with E-state index in [0.717, 1.165) is 25.3 Å². The number of piperidine rings is 1. The molecule has 1 saturated heterocycles. The summed E-state index contributed by atoms with van der Waals surface area (Å²) < 4.78 is 50.1. The number of amides is 2. The third-order valence-electron chi connectivity index (χ3n) is 8.70. The van der Waals surface area contributed by atoms with Gasteiger partial charge in [-0.3, -0.25) is 4.79 Å². The highest BCUT2D eigenvalue weighted by atomic mass is 19.1. The minimum Gasteiger partial charge on any atom is -0.453 e. The summed E-state index contributed by atoms with van der Waals surface area (Å²) >= 11 is 0. The van der Waals surface area contributed by atoms with Crippen molar-refractivity contribution in [3.05, 3.63) is 58.9 Å². The fourth-order valence-electron chi connectivity index (χ4n) is 6.49. The van der Waals surface area contributed by atoms with Gasteiger partial charge in [-0.15, -0.1) is 0 Å². The van der Waals surface area contributed by atoms with Gasteiger partial charge >= 0.3 is 6.09 Å². The molecule has 1 aliphatic carbocycles. The molecule has 2 amide bonds. The second-order valence-electron chi connectivity index (χ2n) is 11.4. The molecule has 1 aliphatic heterocycles. The summed E-state index contributed by atoms with van der Waals surface area (Å²) in [6.45, 7) is 2.62. The van der Waals surface area contributed by atoms with Crippen molar-refractivity contribution in [3.8, 4) is 11.1 Å². The summed E-state index contributed by atoms with van der Waals surface area (Å²) in [6.07, 6.45) is 3.16. The second-order valence-corrected chi connectivity index (χ2v) is 11.4. The maximum absolute atomic E-state index is 15.6. The molecule has 1 heterocycles. The van der Waals surface area contributed by atoms with Gasteiger partial charge in [0.25, 0.3) is 0 Å². The molecular formula is C31H40F3N3O4. The van der Waals surface area contributed by atoms with Crippen LogP contribution in [0.25, 0.3) is 11.1 Å².